The van der Waals surface area contributed by atoms with Crippen LogP contribution in [0.15, 0.2) is 95.5 Å². The zero-order chi connectivity index (χ0) is 36.7. The average molecular weight is 771 g/mol. The molecule has 0 unspecified atom stereocenters. The number of carbonyl (C=O) groups excluding carboxylic acids is 4. The first kappa shape index (κ1) is 36.1. The van der Waals surface area contributed by atoms with Crippen LogP contribution in [0, 0.1) is 17.8 Å². The van der Waals surface area contributed by atoms with Crippen LogP contribution in [0.25, 0.3) is 10.8 Å². The van der Waals surface area contributed by atoms with Crippen LogP contribution >= 0.6 is 15.9 Å². The van der Waals surface area contributed by atoms with Gasteiger partial charge in [0.15, 0.2) is 0 Å². The molecule has 5 bridgehead atoms. The summed E-state index contributed by atoms with van der Waals surface area (Å²) >= 11 is 3.63. The van der Waals surface area contributed by atoms with Crippen molar-refractivity contribution in [2.45, 2.75) is 76.0 Å². The number of esters is 1. The highest BCUT2D eigenvalue weighted by Gasteiger charge is 2.75. The maximum Gasteiger partial charge on any atom is 0.313 e. The molecule has 0 aromatic heterocycles. The van der Waals surface area contributed by atoms with Crippen LogP contribution in [0.3, 0.4) is 0 Å². The van der Waals surface area contributed by atoms with Gasteiger partial charge in [-0.3, -0.25) is 19.2 Å². The number of hydrogen-bond acceptors (Lipinski definition) is 7. The van der Waals surface area contributed by atoms with Crippen molar-refractivity contribution in [1.82, 2.24) is 10.2 Å². The van der Waals surface area contributed by atoms with E-state index in [2.05, 4.69) is 21.2 Å². The van der Waals surface area contributed by atoms with E-state index in [0.717, 1.165) is 10.8 Å². The SMILES string of the molecule is CC(C)C[C@H](CO)N1C(=O)[C@H]2[C@@H]3C(=O)O[C@H](c4ccccc4)[C@@H](C)NC(=O)CC/C=C\CN(c4ccc5ccccc5c4)C(=O)[C@H]1[C@@]21C=C(Br)[C@@H]3O1. The molecular formula is C41H44BrN3O7. The predicted octanol–water partition coefficient (Wildman–Crippen LogP) is 5.59. The third-order valence-corrected chi connectivity index (χ3v) is 11.4. The Morgan fingerprint density at radius 3 is 2.40 bits per heavy atom. The Hall–Kier alpha value is -4.32. The monoisotopic (exact) mass is 769 g/mol. The lowest BCUT2D eigenvalue weighted by atomic mass is 9.74. The fourth-order valence-corrected chi connectivity index (χ4v) is 9.19. The number of amides is 3. The number of anilines is 1. The summed E-state index contributed by atoms with van der Waals surface area (Å²) in [5.74, 6) is -3.81. The molecule has 0 aliphatic carbocycles. The highest BCUT2D eigenvalue weighted by atomic mass is 79.9. The summed E-state index contributed by atoms with van der Waals surface area (Å²) in [6.45, 7) is 5.56. The Bertz CT molecular complexity index is 1930. The number of aliphatic hydroxyl groups excluding tert-OH is 1. The maximum absolute atomic E-state index is 15.4. The first-order chi connectivity index (χ1) is 25.0. The Kier molecular flexibility index (Phi) is 10.1. The normalized spacial score (nSPS) is 30.7. The molecule has 3 aromatic carbocycles. The summed E-state index contributed by atoms with van der Waals surface area (Å²) in [6, 6.07) is 20.3. The van der Waals surface area contributed by atoms with Crippen LogP contribution in [-0.2, 0) is 28.7 Å². The molecular weight excluding hydrogens is 726 g/mol. The molecule has 3 aromatic rings. The number of aliphatic hydroxyl groups is 1. The van der Waals surface area contributed by atoms with Crippen molar-refractivity contribution in [3.8, 4) is 0 Å². The van der Waals surface area contributed by atoms with Gasteiger partial charge in [0, 0.05) is 23.1 Å². The minimum absolute atomic E-state index is 0.0901. The molecule has 0 radical (unpaired) electrons. The van der Waals surface area contributed by atoms with E-state index in [4.69, 9.17) is 9.47 Å². The average Bonchev–Trinajstić information content (AvgIpc) is 3.73. The van der Waals surface area contributed by atoms with Gasteiger partial charge >= 0.3 is 5.97 Å². The minimum atomic E-state index is -1.51. The van der Waals surface area contributed by atoms with Crippen LogP contribution in [0.2, 0.25) is 0 Å². The van der Waals surface area contributed by atoms with Crippen LogP contribution in [0.5, 0.6) is 0 Å². The molecule has 11 heteroatoms. The van der Waals surface area contributed by atoms with Crippen molar-refractivity contribution in [3.05, 3.63) is 101 Å². The molecule has 272 valence electrons. The lowest BCUT2D eigenvalue weighted by Crippen LogP contribution is -2.59. The molecule has 10 nitrogen and oxygen atoms in total. The molecule has 8 atom stereocenters. The number of hydrogen-bond donors (Lipinski definition) is 2. The second-order valence-electron chi connectivity index (χ2n) is 14.7. The lowest BCUT2D eigenvalue weighted by molar-refractivity contribution is -0.161. The van der Waals surface area contributed by atoms with E-state index < -0.39 is 65.6 Å². The zero-order valence-electron chi connectivity index (χ0n) is 29.5. The van der Waals surface area contributed by atoms with E-state index in [9.17, 15) is 19.5 Å². The Morgan fingerprint density at radius 2 is 1.67 bits per heavy atom. The molecule has 4 aliphatic heterocycles. The number of allylic oxidation sites excluding steroid dienone is 1. The number of nitrogens with zero attached hydrogens (tertiary/aromatic N) is 2. The van der Waals surface area contributed by atoms with E-state index >= 15 is 4.79 Å². The van der Waals surface area contributed by atoms with Gasteiger partial charge in [-0.1, -0.05) is 103 Å². The van der Waals surface area contributed by atoms with Crippen LogP contribution < -0.4 is 10.2 Å². The first-order valence-electron chi connectivity index (χ1n) is 18.0. The summed E-state index contributed by atoms with van der Waals surface area (Å²) in [5.41, 5.74) is -0.210. The van der Waals surface area contributed by atoms with E-state index in [-0.39, 0.29) is 31.4 Å². The fourth-order valence-electron chi connectivity index (χ4n) is 8.45. The quantitative estimate of drug-likeness (QED) is 0.248. The number of ether oxygens (including phenoxy) is 2. The molecule has 0 saturated carbocycles. The van der Waals surface area contributed by atoms with Crippen molar-refractivity contribution in [3.63, 3.8) is 0 Å². The molecule has 4 aliphatic rings. The standard InChI is InChI=1S/C41H44BrN3O7/c1-24(2)20-30(23-46)45-37-39(49)44(29-18-17-26-12-9-10-15-28(26)21-29)19-11-5-8-16-32(47)43-25(3)35(27-13-6-4-7-14-27)51-40(50)33-34(38(45)48)41(37)22-31(42)36(33)52-41/h4-7,9-15,17-18,21-22,24-25,30,33-37,46H,8,16,19-20,23H2,1-3H3,(H,43,47)/b11-5-/t25-,30-,33+,34-,35+,36+,37+,41-/m1/s1. The highest BCUT2D eigenvalue weighted by molar-refractivity contribution is 9.11. The van der Waals surface area contributed by atoms with E-state index in [1.165, 1.54) is 4.90 Å². The van der Waals surface area contributed by atoms with Gasteiger partial charge in [-0.2, -0.15) is 0 Å². The first-order valence-corrected chi connectivity index (χ1v) is 18.8. The zero-order valence-corrected chi connectivity index (χ0v) is 31.1. The summed E-state index contributed by atoms with van der Waals surface area (Å²) in [5, 5.41) is 15.7. The smallest absolute Gasteiger partial charge is 0.313 e. The summed E-state index contributed by atoms with van der Waals surface area (Å²) in [7, 11) is 0. The largest absolute Gasteiger partial charge is 0.455 e. The van der Waals surface area contributed by atoms with E-state index in [1.807, 2.05) is 98.8 Å². The minimum Gasteiger partial charge on any atom is -0.455 e. The van der Waals surface area contributed by atoms with Gasteiger partial charge in [0.25, 0.3) is 5.91 Å². The van der Waals surface area contributed by atoms with Crippen LogP contribution in [-0.4, -0.2) is 76.7 Å². The molecule has 2 N–H and O–H groups in total. The van der Waals surface area contributed by atoms with Gasteiger partial charge in [0.2, 0.25) is 11.8 Å². The second kappa shape index (κ2) is 14.6. The third-order valence-electron chi connectivity index (χ3n) is 10.7. The van der Waals surface area contributed by atoms with Gasteiger partial charge in [-0.15, -0.1) is 0 Å². The third kappa shape index (κ3) is 6.37. The van der Waals surface area contributed by atoms with Crippen LogP contribution in [0.1, 0.15) is 51.7 Å². The number of rotatable bonds is 6. The topological polar surface area (TPSA) is 125 Å². The van der Waals surface area contributed by atoms with Gasteiger partial charge in [-0.05, 0) is 60.2 Å². The summed E-state index contributed by atoms with van der Waals surface area (Å²) < 4.78 is 13.6. The van der Waals surface area contributed by atoms with E-state index in [1.54, 1.807) is 17.9 Å². The Morgan fingerprint density at radius 1 is 0.942 bits per heavy atom. The number of likely N-dealkylation sites (tertiary alicyclic amines) is 1. The maximum atomic E-state index is 15.4. The number of cyclic esters (lactones) is 1. The number of benzene rings is 3. The molecule has 2 saturated heterocycles. The highest BCUT2D eigenvalue weighted by Crippen LogP contribution is 2.59. The molecule has 1 spiro atoms. The van der Waals surface area contributed by atoms with Crippen molar-refractivity contribution >= 4 is 56.1 Å². The van der Waals surface area contributed by atoms with Crippen molar-refractivity contribution in [1.29, 1.82) is 0 Å². The Balaban J connectivity index is 1.38. The molecule has 7 rings (SSSR count). The van der Waals surface area contributed by atoms with Gasteiger partial charge in [-0.25, -0.2) is 0 Å². The molecule has 3 amide bonds. The molecule has 4 heterocycles. The summed E-state index contributed by atoms with van der Waals surface area (Å²) in [6.07, 6.45) is 4.81. The number of fused-ring (bicyclic) bond motifs is 3. The van der Waals surface area contributed by atoms with Crippen molar-refractivity contribution in [2.24, 2.45) is 17.8 Å². The van der Waals surface area contributed by atoms with Gasteiger partial charge in [0.05, 0.1) is 24.6 Å². The van der Waals surface area contributed by atoms with Gasteiger partial charge < -0.3 is 29.7 Å². The predicted molar refractivity (Wildman–Crippen MR) is 200 cm³/mol. The number of halogens is 1. The second-order valence-corrected chi connectivity index (χ2v) is 15.6. The van der Waals surface area contributed by atoms with E-state index in [0.29, 0.717) is 28.6 Å². The van der Waals surface area contributed by atoms with Crippen LogP contribution in [0.4, 0.5) is 5.69 Å². The fraction of sp³-hybridized carbons (Fsp3) is 0.415. The number of nitrogens with one attached hydrogen (secondary N) is 1. The number of carbonyl (C=O) groups is 4. The summed E-state index contributed by atoms with van der Waals surface area (Å²) in [4.78, 5) is 61.1. The van der Waals surface area contributed by atoms with Gasteiger partial charge in [0.1, 0.15) is 29.8 Å². The lowest BCUT2D eigenvalue weighted by Gasteiger charge is -2.39. The molecule has 52 heavy (non-hydrogen) atoms. The molecule has 2 fully saturated rings. The van der Waals surface area contributed by atoms with Crippen molar-refractivity contribution in [2.75, 3.05) is 18.1 Å². The Labute approximate surface area is 311 Å². The van der Waals surface area contributed by atoms with Crippen molar-refractivity contribution < 1.29 is 33.8 Å².